The van der Waals surface area contributed by atoms with Crippen LogP contribution in [-0.4, -0.2) is 38.5 Å². The van der Waals surface area contributed by atoms with Gasteiger partial charge in [-0.15, -0.1) is 0 Å². The number of hydrogen-bond acceptors (Lipinski definition) is 6. The Morgan fingerprint density at radius 1 is 1.23 bits per heavy atom. The summed E-state index contributed by atoms with van der Waals surface area (Å²) in [5.41, 5.74) is 1.86. The monoisotopic (exact) mass is 349 g/mol. The molecule has 1 N–H and O–H groups in total. The van der Waals surface area contributed by atoms with Crippen LogP contribution in [-0.2, 0) is 11.3 Å². The number of likely N-dealkylation sites (tertiary alicyclic amines) is 1. The van der Waals surface area contributed by atoms with Gasteiger partial charge in [0.1, 0.15) is 5.82 Å². The first-order valence-electron chi connectivity index (χ1n) is 8.53. The average Bonchev–Trinajstić information content (AvgIpc) is 3.22. The van der Waals surface area contributed by atoms with Gasteiger partial charge in [-0.1, -0.05) is 35.5 Å². The fourth-order valence-electron chi connectivity index (χ4n) is 3.12. The molecule has 0 saturated carbocycles. The van der Waals surface area contributed by atoms with Gasteiger partial charge in [-0.05, 0) is 24.6 Å². The molecule has 26 heavy (non-hydrogen) atoms. The zero-order valence-corrected chi connectivity index (χ0v) is 14.4. The number of aryl methyl sites for hydroxylation is 1. The molecule has 132 valence electrons. The Morgan fingerprint density at radius 2 is 2.08 bits per heavy atom. The summed E-state index contributed by atoms with van der Waals surface area (Å²) in [5.74, 6) is 1.77. The van der Waals surface area contributed by atoms with Crippen LogP contribution in [0.4, 0.5) is 5.82 Å². The fourth-order valence-corrected chi connectivity index (χ4v) is 3.12. The summed E-state index contributed by atoms with van der Waals surface area (Å²) in [5, 5.41) is 7.19. The SMILES string of the molecule is Cc1noc(-c2cccnc2N[C@H]2CC(=O)N(Cc3ccccc3)C2)n1. The number of pyridine rings is 1. The summed E-state index contributed by atoms with van der Waals surface area (Å²) < 4.78 is 5.26. The topological polar surface area (TPSA) is 84.2 Å². The molecule has 7 heteroatoms. The first-order chi connectivity index (χ1) is 12.7. The molecule has 4 rings (SSSR count). The van der Waals surface area contributed by atoms with Crippen LogP contribution in [0.3, 0.4) is 0 Å². The van der Waals surface area contributed by atoms with Crippen LogP contribution >= 0.6 is 0 Å². The predicted octanol–water partition coefficient (Wildman–Crippen LogP) is 2.65. The first kappa shape index (κ1) is 16.3. The molecule has 0 radical (unpaired) electrons. The smallest absolute Gasteiger partial charge is 0.261 e. The Morgan fingerprint density at radius 3 is 2.85 bits per heavy atom. The maximum atomic E-state index is 12.4. The van der Waals surface area contributed by atoms with Crippen molar-refractivity contribution >= 4 is 11.7 Å². The highest BCUT2D eigenvalue weighted by atomic mass is 16.5. The Balaban J connectivity index is 1.48. The van der Waals surface area contributed by atoms with E-state index in [9.17, 15) is 4.79 Å². The highest BCUT2D eigenvalue weighted by Crippen LogP contribution is 2.26. The number of nitrogens with one attached hydrogen (secondary N) is 1. The summed E-state index contributed by atoms with van der Waals surface area (Å²) in [6.07, 6.45) is 2.14. The van der Waals surface area contributed by atoms with E-state index in [0.717, 1.165) is 11.1 Å². The molecule has 1 atom stereocenters. The molecule has 1 aliphatic heterocycles. The number of rotatable bonds is 5. The fraction of sp³-hybridized carbons (Fsp3) is 0.263. The average molecular weight is 349 g/mol. The predicted molar refractivity (Wildman–Crippen MR) is 96.2 cm³/mol. The first-order valence-corrected chi connectivity index (χ1v) is 8.53. The van der Waals surface area contributed by atoms with E-state index >= 15 is 0 Å². The van der Waals surface area contributed by atoms with E-state index in [0.29, 0.717) is 37.0 Å². The van der Waals surface area contributed by atoms with E-state index < -0.39 is 0 Å². The number of carbonyl (C=O) groups is 1. The summed E-state index contributed by atoms with van der Waals surface area (Å²) in [4.78, 5) is 22.9. The minimum absolute atomic E-state index is 0.0103. The second-order valence-corrected chi connectivity index (χ2v) is 6.35. The number of aromatic nitrogens is 3. The van der Waals surface area contributed by atoms with Crippen molar-refractivity contribution in [1.82, 2.24) is 20.0 Å². The molecule has 3 heterocycles. The molecule has 0 bridgehead atoms. The minimum Gasteiger partial charge on any atom is -0.364 e. The van der Waals surface area contributed by atoms with Gasteiger partial charge in [0.2, 0.25) is 5.91 Å². The molecule has 1 aromatic carbocycles. The van der Waals surface area contributed by atoms with Gasteiger partial charge in [0.15, 0.2) is 5.82 Å². The number of benzene rings is 1. The summed E-state index contributed by atoms with van der Waals surface area (Å²) in [6.45, 7) is 3.02. The molecule has 2 aromatic heterocycles. The largest absolute Gasteiger partial charge is 0.364 e. The van der Waals surface area contributed by atoms with Crippen molar-refractivity contribution < 1.29 is 9.32 Å². The van der Waals surface area contributed by atoms with Crippen LogP contribution in [0.25, 0.3) is 11.5 Å². The van der Waals surface area contributed by atoms with Crippen LogP contribution < -0.4 is 5.32 Å². The maximum absolute atomic E-state index is 12.4. The van der Waals surface area contributed by atoms with Gasteiger partial charge in [-0.25, -0.2) is 4.98 Å². The van der Waals surface area contributed by atoms with E-state index in [2.05, 4.69) is 20.4 Å². The van der Waals surface area contributed by atoms with Crippen molar-refractivity contribution in [3.05, 3.63) is 60.0 Å². The molecule has 1 aliphatic rings. The molecule has 1 fully saturated rings. The summed E-state index contributed by atoms with van der Waals surface area (Å²) >= 11 is 0. The molecule has 1 amide bonds. The molecule has 1 saturated heterocycles. The molecule has 0 spiro atoms. The molecule has 7 nitrogen and oxygen atoms in total. The van der Waals surface area contributed by atoms with Gasteiger partial charge in [0, 0.05) is 25.7 Å². The maximum Gasteiger partial charge on any atom is 0.261 e. The van der Waals surface area contributed by atoms with E-state index in [-0.39, 0.29) is 11.9 Å². The number of amides is 1. The van der Waals surface area contributed by atoms with Crippen molar-refractivity contribution in [2.45, 2.75) is 25.9 Å². The number of carbonyl (C=O) groups excluding carboxylic acids is 1. The van der Waals surface area contributed by atoms with Crippen LogP contribution in [0.5, 0.6) is 0 Å². The van der Waals surface area contributed by atoms with Gasteiger partial charge < -0.3 is 14.7 Å². The lowest BCUT2D eigenvalue weighted by molar-refractivity contribution is -0.128. The molecular weight excluding hydrogens is 330 g/mol. The Bertz CT molecular complexity index is 909. The van der Waals surface area contributed by atoms with Gasteiger partial charge in [0.25, 0.3) is 5.89 Å². The van der Waals surface area contributed by atoms with Crippen LogP contribution in [0, 0.1) is 6.92 Å². The lowest BCUT2D eigenvalue weighted by Gasteiger charge is -2.18. The molecular formula is C19H19N5O2. The summed E-state index contributed by atoms with van der Waals surface area (Å²) in [6, 6.07) is 13.7. The minimum atomic E-state index is -0.0103. The van der Waals surface area contributed by atoms with E-state index in [1.165, 1.54) is 0 Å². The Kier molecular flexibility index (Phi) is 4.35. The zero-order valence-electron chi connectivity index (χ0n) is 14.4. The van der Waals surface area contributed by atoms with Crippen molar-refractivity contribution in [2.24, 2.45) is 0 Å². The van der Waals surface area contributed by atoms with Crippen LogP contribution in [0.15, 0.2) is 53.2 Å². The van der Waals surface area contributed by atoms with Gasteiger partial charge in [0.05, 0.1) is 11.6 Å². The lowest BCUT2D eigenvalue weighted by atomic mass is 10.2. The third-order valence-electron chi connectivity index (χ3n) is 4.34. The molecule has 3 aromatic rings. The second-order valence-electron chi connectivity index (χ2n) is 6.35. The van der Waals surface area contributed by atoms with Crippen molar-refractivity contribution in [2.75, 3.05) is 11.9 Å². The van der Waals surface area contributed by atoms with Crippen molar-refractivity contribution in [3.63, 3.8) is 0 Å². The number of nitrogens with zero attached hydrogens (tertiary/aromatic N) is 4. The van der Waals surface area contributed by atoms with E-state index in [1.807, 2.05) is 47.4 Å². The van der Waals surface area contributed by atoms with Crippen LogP contribution in [0.1, 0.15) is 17.8 Å². The second kappa shape index (κ2) is 6.95. The Labute approximate surface area is 151 Å². The standard InChI is InChI=1S/C19H19N5O2/c1-13-21-19(26-23-13)16-8-5-9-20-18(16)22-15-10-17(25)24(12-15)11-14-6-3-2-4-7-14/h2-9,15H,10-12H2,1H3,(H,20,22)/t15-/m0/s1. The quantitative estimate of drug-likeness (QED) is 0.762. The molecule has 0 unspecified atom stereocenters. The number of anilines is 1. The third kappa shape index (κ3) is 3.42. The summed E-state index contributed by atoms with van der Waals surface area (Å²) in [7, 11) is 0. The Hall–Kier alpha value is -3.22. The number of hydrogen-bond donors (Lipinski definition) is 1. The van der Waals surface area contributed by atoms with E-state index in [4.69, 9.17) is 4.52 Å². The van der Waals surface area contributed by atoms with Crippen molar-refractivity contribution in [1.29, 1.82) is 0 Å². The normalized spacial score (nSPS) is 16.9. The zero-order chi connectivity index (χ0) is 17.9. The van der Waals surface area contributed by atoms with Gasteiger partial charge >= 0.3 is 0 Å². The highest BCUT2D eigenvalue weighted by molar-refractivity contribution is 5.80. The van der Waals surface area contributed by atoms with Gasteiger partial charge in [-0.3, -0.25) is 4.79 Å². The lowest BCUT2D eigenvalue weighted by Crippen LogP contribution is -2.27. The van der Waals surface area contributed by atoms with Crippen molar-refractivity contribution in [3.8, 4) is 11.5 Å². The van der Waals surface area contributed by atoms with Crippen LogP contribution in [0.2, 0.25) is 0 Å². The molecule has 0 aliphatic carbocycles. The highest BCUT2D eigenvalue weighted by Gasteiger charge is 2.30. The van der Waals surface area contributed by atoms with Gasteiger partial charge in [-0.2, -0.15) is 4.98 Å². The third-order valence-corrected chi connectivity index (χ3v) is 4.34. The van der Waals surface area contributed by atoms with E-state index in [1.54, 1.807) is 13.1 Å².